The molecule has 0 saturated heterocycles. The van der Waals surface area contributed by atoms with Gasteiger partial charge in [-0.15, -0.1) is 0 Å². The summed E-state index contributed by atoms with van der Waals surface area (Å²) in [6.45, 7) is 0. The van der Waals surface area contributed by atoms with E-state index in [2.05, 4.69) is 173 Å². The van der Waals surface area contributed by atoms with Crippen molar-refractivity contribution in [1.29, 1.82) is 0 Å². The number of hydrogen-bond donors (Lipinski definition) is 0. The third kappa shape index (κ3) is 3.40. The van der Waals surface area contributed by atoms with Crippen LogP contribution in [0.3, 0.4) is 0 Å². The maximum atomic E-state index is 5.31. The van der Waals surface area contributed by atoms with Gasteiger partial charge in [-0.1, -0.05) is 121 Å². The van der Waals surface area contributed by atoms with E-state index < -0.39 is 0 Å². The van der Waals surface area contributed by atoms with Gasteiger partial charge in [0.2, 0.25) is 0 Å². The van der Waals surface area contributed by atoms with Crippen molar-refractivity contribution in [3.63, 3.8) is 0 Å². The Kier molecular flexibility index (Phi) is 5.11. The molecule has 11 rings (SSSR count). The van der Waals surface area contributed by atoms with Crippen LogP contribution in [0.5, 0.6) is 0 Å². The second-order valence-corrected chi connectivity index (χ2v) is 12.8. The molecule has 0 atom stereocenters. The van der Waals surface area contributed by atoms with Crippen LogP contribution in [0, 0.1) is 0 Å². The molecule has 222 valence electrons. The molecule has 0 fully saturated rings. The van der Waals surface area contributed by atoms with Crippen molar-refractivity contribution in [2.75, 3.05) is 0 Å². The highest BCUT2D eigenvalue weighted by Gasteiger charge is 2.22. The molecule has 0 saturated carbocycles. The largest absolute Gasteiger partial charge is 0.309 e. The van der Waals surface area contributed by atoms with Gasteiger partial charge < -0.3 is 4.57 Å². The highest BCUT2D eigenvalue weighted by molar-refractivity contribution is 6.27. The van der Waals surface area contributed by atoms with Gasteiger partial charge in [0.25, 0.3) is 0 Å². The second kappa shape index (κ2) is 9.54. The number of benzene rings is 7. The molecule has 3 heteroatoms. The van der Waals surface area contributed by atoms with Crippen molar-refractivity contribution in [2.45, 2.75) is 0 Å². The molecule has 0 N–H and O–H groups in total. The van der Waals surface area contributed by atoms with Gasteiger partial charge in [-0.25, -0.2) is 4.98 Å². The van der Waals surface area contributed by atoms with Crippen LogP contribution in [-0.4, -0.2) is 14.0 Å². The van der Waals surface area contributed by atoms with Crippen LogP contribution in [0.1, 0.15) is 0 Å². The highest BCUT2D eigenvalue weighted by Crippen LogP contribution is 2.45. The van der Waals surface area contributed by atoms with Gasteiger partial charge in [0.05, 0.1) is 27.6 Å². The summed E-state index contributed by atoms with van der Waals surface area (Å²) >= 11 is 0. The first-order valence-electron chi connectivity index (χ1n) is 16.5. The van der Waals surface area contributed by atoms with E-state index in [4.69, 9.17) is 4.98 Å². The Morgan fingerprint density at radius 2 is 1.00 bits per heavy atom. The van der Waals surface area contributed by atoms with E-state index in [-0.39, 0.29) is 0 Å². The number of nitrogens with zero attached hydrogens (tertiary/aromatic N) is 3. The summed E-state index contributed by atoms with van der Waals surface area (Å²) in [6.07, 6.45) is 0. The van der Waals surface area contributed by atoms with Gasteiger partial charge in [-0.3, -0.25) is 4.40 Å². The fourth-order valence-electron chi connectivity index (χ4n) is 8.19. The van der Waals surface area contributed by atoms with Crippen LogP contribution in [0.15, 0.2) is 164 Å². The topological polar surface area (TPSA) is 22.2 Å². The Morgan fingerprint density at radius 1 is 0.396 bits per heavy atom. The molecular weight excluding hydrogens is 583 g/mol. The van der Waals surface area contributed by atoms with E-state index in [9.17, 15) is 0 Å². The van der Waals surface area contributed by atoms with Crippen LogP contribution in [0.25, 0.3) is 98.9 Å². The number of aromatic nitrogens is 3. The molecule has 0 aliphatic rings. The fraction of sp³-hybridized carbons (Fsp3) is 0. The smallest absolute Gasteiger partial charge is 0.146 e. The lowest BCUT2D eigenvalue weighted by Crippen LogP contribution is -1.92. The summed E-state index contributed by atoms with van der Waals surface area (Å²) in [5.74, 6) is 0. The number of fused-ring (bicyclic) bond motifs is 10. The third-order valence-corrected chi connectivity index (χ3v) is 10.2. The van der Waals surface area contributed by atoms with Crippen molar-refractivity contribution in [3.05, 3.63) is 164 Å². The first-order valence-corrected chi connectivity index (χ1v) is 16.5. The maximum Gasteiger partial charge on any atom is 0.146 e. The van der Waals surface area contributed by atoms with Crippen molar-refractivity contribution in [3.8, 4) is 27.9 Å². The SMILES string of the molecule is c1ccc(-n2c3ccccc3c3cc(-c4ccc(-c5c6ccccc6nc6c5c5cccc7c8ccccc8n6c75)cc4)ccc32)cc1. The summed E-state index contributed by atoms with van der Waals surface area (Å²) in [7, 11) is 0. The van der Waals surface area contributed by atoms with E-state index in [1.165, 1.54) is 87.7 Å². The Hall–Kier alpha value is -6.45. The van der Waals surface area contributed by atoms with Crippen LogP contribution < -0.4 is 0 Å². The Bertz CT molecular complexity index is 3040. The van der Waals surface area contributed by atoms with Gasteiger partial charge in [0.15, 0.2) is 0 Å². The molecule has 0 unspecified atom stereocenters. The van der Waals surface area contributed by atoms with Gasteiger partial charge in [0, 0.05) is 49.0 Å². The average molecular weight is 610 g/mol. The predicted octanol–water partition coefficient (Wildman–Crippen LogP) is 11.8. The zero-order valence-corrected chi connectivity index (χ0v) is 25.9. The number of rotatable bonds is 3. The van der Waals surface area contributed by atoms with Gasteiger partial charge >= 0.3 is 0 Å². The highest BCUT2D eigenvalue weighted by atomic mass is 15.0. The molecule has 3 nitrogen and oxygen atoms in total. The van der Waals surface area contributed by atoms with Crippen LogP contribution in [-0.2, 0) is 0 Å². The number of hydrogen-bond acceptors (Lipinski definition) is 1. The molecule has 0 aliphatic carbocycles. The van der Waals surface area contributed by atoms with Crippen molar-refractivity contribution >= 4 is 70.9 Å². The predicted molar refractivity (Wildman–Crippen MR) is 202 cm³/mol. The molecule has 0 amide bonds. The summed E-state index contributed by atoms with van der Waals surface area (Å²) < 4.78 is 4.74. The van der Waals surface area contributed by atoms with E-state index in [1.807, 2.05) is 0 Å². The van der Waals surface area contributed by atoms with Gasteiger partial charge in [0.1, 0.15) is 5.65 Å². The molecule has 4 heterocycles. The van der Waals surface area contributed by atoms with E-state index in [1.54, 1.807) is 0 Å². The van der Waals surface area contributed by atoms with Crippen molar-refractivity contribution in [1.82, 2.24) is 14.0 Å². The molecule has 4 aromatic heterocycles. The number of pyridine rings is 1. The zero-order valence-electron chi connectivity index (χ0n) is 25.9. The quantitative estimate of drug-likeness (QED) is 0.195. The van der Waals surface area contributed by atoms with Gasteiger partial charge in [-0.2, -0.15) is 0 Å². The molecule has 7 aromatic carbocycles. The minimum atomic E-state index is 1.01. The summed E-state index contributed by atoms with van der Waals surface area (Å²) in [5, 5.41) is 8.70. The van der Waals surface area contributed by atoms with Crippen molar-refractivity contribution < 1.29 is 0 Å². The van der Waals surface area contributed by atoms with E-state index in [0.717, 1.165) is 11.2 Å². The molecule has 0 spiro atoms. The minimum Gasteiger partial charge on any atom is -0.309 e. The summed E-state index contributed by atoms with van der Waals surface area (Å²) in [5.41, 5.74) is 12.9. The van der Waals surface area contributed by atoms with Crippen molar-refractivity contribution in [2.24, 2.45) is 0 Å². The van der Waals surface area contributed by atoms with Gasteiger partial charge in [-0.05, 0) is 59.2 Å². The molecule has 11 aromatic rings. The molecule has 0 radical (unpaired) electrons. The molecule has 48 heavy (non-hydrogen) atoms. The van der Waals surface area contributed by atoms with E-state index >= 15 is 0 Å². The Labute approximate surface area is 275 Å². The lowest BCUT2D eigenvalue weighted by Gasteiger charge is -2.12. The Balaban J connectivity index is 1.12. The first kappa shape index (κ1) is 25.7. The number of para-hydroxylation sites is 5. The average Bonchev–Trinajstić information content (AvgIpc) is 3.79. The summed E-state index contributed by atoms with van der Waals surface area (Å²) in [6, 6.07) is 59.3. The van der Waals surface area contributed by atoms with Crippen LogP contribution in [0.2, 0.25) is 0 Å². The monoisotopic (exact) mass is 609 g/mol. The zero-order chi connectivity index (χ0) is 31.3. The lowest BCUT2D eigenvalue weighted by atomic mass is 9.94. The van der Waals surface area contributed by atoms with Crippen LogP contribution >= 0.6 is 0 Å². The fourth-order valence-corrected chi connectivity index (χ4v) is 8.19. The normalized spacial score (nSPS) is 12.2. The second-order valence-electron chi connectivity index (χ2n) is 12.8. The molecule has 0 bridgehead atoms. The Morgan fingerprint density at radius 3 is 1.83 bits per heavy atom. The third-order valence-electron chi connectivity index (χ3n) is 10.2. The minimum absolute atomic E-state index is 1.01. The summed E-state index contributed by atoms with van der Waals surface area (Å²) in [4.78, 5) is 5.31. The molecular formula is C45H27N3. The maximum absolute atomic E-state index is 5.31. The standard InChI is InChI=1S/C45H27N3/c1-2-11-31(12-3-1)47-39-19-8-6-14-33(39)37-27-30(25-26-41(37)47)28-21-23-29(24-22-28)42-35-15-4-7-18-38(35)46-45-43(42)36-17-10-16-34-32-13-5-9-20-40(32)48(45)44(34)36/h1-27H. The lowest BCUT2D eigenvalue weighted by molar-refractivity contribution is 1.18. The first-order chi connectivity index (χ1) is 23.8. The van der Waals surface area contributed by atoms with Crippen LogP contribution in [0.4, 0.5) is 0 Å². The van der Waals surface area contributed by atoms with E-state index in [0.29, 0.717) is 0 Å². The molecule has 0 aliphatic heterocycles.